The van der Waals surface area contributed by atoms with E-state index in [2.05, 4.69) is 15.3 Å². The van der Waals surface area contributed by atoms with Gasteiger partial charge in [-0.1, -0.05) is 24.3 Å². The molecule has 2 N–H and O–H groups in total. The number of para-hydroxylation sites is 1. The number of hydrogen-bond donors (Lipinski definition) is 2. The van der Waals surface area contributed by atoms with Crippen molar-refractivity contribution < 1.29 is 19.4 Å². The van der Waals surface area contributed by atoms with E-state index < -0.39 is 0 Å². The van der Waals surface area contributed by atoms with Crippen molar-refractivity contribution in [3.8, 4) is 17.2 Å². The minimum absolute atomic E-state index is 0.0565. The molecule has 0 bridgehead atoms. The maximum Gasteiger partial charge on any atom is 0.244 e. The summed E-state index contributed by atoms with van der Waals surface area (Å²) in [4.78, 5) is 21.3. The highest BCUT2D eigenvalue weighted by Crippen LogP contribution is 2.26. The van der Waals surface area contributed by atoms with Gasteiger partial charge in [-0.05, 0) is 50.6 Å². The molecule has 1 aromatic heterocycles. The number of carbonyl (C=O) groups is 1. The van der Waals surface area contributed by atoms with Gasteiger partial charge < -0.3 is 19.9 Å². The zero-order valence-corrected chi connectivity index (χ0v) is 18.7. The number of benzene rings is 2. The van der Waals surface area contributed by atoms with Gasteiger partial charge in [-0.3, -0.25) is 14.8 Å². The second-order valence-electron chi connectivity index (χ2n) is 7.31. The van der Waals surface area contributed by atoms with Gasteiger partial charge in [0.1, 0.15) is 12.4 Å². The molecule has 0 radical (unpaired) electrons. The minimum Gasteiger partial charge on any atom is -0.504 e. The Bertz CT molecular complexity index is 1140. The minimum atomic E-state index is -0.247. The number of aryl methyl sites for hydroxylation is 3. The van der Waals surface area contributed by atoms with E-state index in [0.717, 1.165) is 33.9 Å². The smallest absolute Gasteiger partial charge is 0.244 e. The van der Waals surface area contributed by atoms with E-state index in [4.69, 9.17) is 9.47 Å². The molecule has 166 valence electrons. The Labute approximate surface area is 187 Å². The first kappa shape index (κ1) is 22.8. The summed E-state index contributed by atoms with van der Waals surface area (Å²) in [6.07, 6.45) is 3.17. The fourth-order valence-electron chi connectivity index (χ4n) is 3.04. The van der Waals surface area contributed by atoms with Gasteiger partial charge in [-0.25, -0.2) is 0 Å². The maximum absolute atomic E-state index is 12.3. The van der Waals surface area contributed by atoms with Gasteiger partial charge in [0.05, 0.1) is 29.9 Å². The highest BCUT2D eigenvalue weighted by Gasteiger charge is 2.08. The Kier molecular flexibility index (Phi) is 7.44. The molecule has 7 nitrogen and oxygen atoms in total. The van der Waals surface area contributed by atoms with Crippen molar-refractivity contribution in [2.45, 2.75) is 33.9 Å². The molecule has 2 aromatic carbocycles. The summed E-state index contributed by atoms with van der Waals surface area (Å²) in [6.45, 7) is 6.37. The molecule has 32 heavy (non-hydrogen) atoms. The maximum atomic E-state index is 12.3. The number of nitrogens with one attached hydrogen (secondary N) is 1. The Hall–Kier alpha value is -3.87. The first-order valence-corrected chi connectivity index (χ1v) is 10.2. The summed E-state index contributed by atoms with van der Waals surface area (Å²) in [6, 6.07) is 12.4. The second-order valence-corrected chi connectivity index (χ2v) is 7.31. The number of nitrogens with zero attached hydrogens (tertiary/aromatic N) is 2. The Morgan fingerprint density at radius 3 is 2.56 bits per heavy atom. The van der Waals surface area contributed by atoms with Gasteiger partial charge in [0.2, 0.25) is 5.91 Å². The second kappa shape index (κ2) is 10.4. The highest BCUT2D eigenvalue weighted by atomic mass is 16.5. The monoisotopic (exact) mass is 433 g/mol. The Morgan fingerprint density at radius 1 is 1.03 bits per heavy atom. The topological polar surface area (TPSA) is 93.6 Å². The van der Waals surface area contributed by atoms with Crippen LogP contribution < -0.4 is 14.8 Å². The van der Waals surface area contributed by atoms with E-state index in [1.54, 1.807) is 18.2 Å². The van der Waals surface area contributed by atoms with E-state index in [0.29, 0.717) is 24.7 Å². The van der Waals surface area contributed by atoms with Crippen LogP contribution in [0.25, 0.3) is 6.08 Å². The average Bonchev–Trinajstić information content (AvgIpc) is 2.79. The first-order chi connectivity index (χ1) is 15.4. The number of phenols is 1. The van der Waals surface area contributed by atoms with E-state index >= 15 is 0 Å². The third-order valence-electron chi connectivity index (χ3n) is 4.99. The lowest BCUT2D eigenvalue weighted by molar-refractivity contribution is -0.116. The molecule has 1 heterocycles. The normalized spacial score (nSPS) is 10.9. The molecule has 0 fully saturated rings. The van der Waals surface area contributed by atoms with Gasteiger partial charge in [0.15, 0.2) is 11.5 Å². The predicted octanol–water partition coefficient (Wildman–Crippen LogP) is 4.02. The standard InChI is InChI=1S/C25H27N3O4/c1-16-17(2)28-21(18(3)27-16)15-32-23-8-6-5-7-20(23)10-12-25(30)26-14-19-9-11-22(29)24(13-19)31-4/h5-13,29H,14-15H2,1-4H3,(H,26,30)/b12-10+. The summed E-state index contributed by atoms with van der Waals surface area (Å²) in [7, 11) is 1.48. The van der Waals surface area contributed by atoms with Crippen molar-refractivity contribution in [1.29, 1.82) is 0 Å². The Morgan fingerprint density at radius 2 is 1.78 bits per heavy atom. The summed E-state index contributed by atoms with van der Waals surface area (Å²) in [5, 5.41) is 12.5. The zero-order valence-electron chi connectivity index (χ0n) is 18.7. The fraction of sp³-hybridized carbons (Fsp3) is 0.240. The fourth-order valence-corrected chi connectivity index (χ4v) is 3.04. The molecule has 0 atom stereocenters. The van der Waals surface area contributed by atoms with Crippen LogP contribution in [0.1, 0.15) is 33.9 Å². The SMILES string of the molecule is COc1cc(CNC(=O)/C=C/c2ccccc2OCc2nc(C)c(C)nc2C)ccc1O. The number of ether oxygens (including phenoxy) is 2. The molecule has 0 spiro atoms. The number of hydrogen-bond acceptors (Lipinski definition) is 6. The molecule has 0 aliphatic rings. The number of aromatic nitrogens is 2. The third kappa shape index (κ3) is 5.85. The van der Waals surface area contributed by atoms with Crippen LogP contribution >= 0.6 is 0 Å². The van der Waals surface area contributed by atoms with Crippen molar-refractivity contribution in [2.75, 3.05) is 7.11 Å². The van der Waals surface area contributed by atoms with E-state index in [1.807, 2.05) is 45.0 Å². The van der Waals surface area contributed by atoms with Crippen molar-refractivity contribution in [1.82, 2.24) is 15.3 Å². The van der Waals surface area contributed by atoms with Crippen molar-refractivity contribution in [3.63, 3.8) is 0 Å². The molecule has 0 saturated carbocycles. The zero-order chi connectivity index (χ0) is 23.1. The van der Waals surface area contributed by atoms with Crippen molar-refractivity contribution in [2.24, 2.45) is 0 Å². The summed E-state index contributed by atoms with van der Waals surface area (Å²) < 4.78 is 11.1. The number of carbonyl (C=O) groups excluding carboxylic acids is 1. The molecule has 0 saturated heterocycles. The molecule has 1 amide bonds. The van der Waals surface area contributed by atoms with Crippen LogP contribution in [0.5, 0.6) is 17.2 Å². The van der Waals surface area contributed by atoms with E-state index in [9.17, 15) is 9.90 Å². The van der Waals surface area contributed by atoms with Gasteiger partial charge in [-0.2, -0.15) is 0 Å². The molecular formula is C25H27N3O4. The summed E-state index contributed by atoms with van der Waals surface area (Å²) in [5.74, 6) is 0.824. The highest BCUT2D eigenvalue weighted by molar-refractivity contribution is 5.92. The van der Waals surface area contributed by atoms with Crippen LogP contribution in [0.3, 0.4) is 0 Å². The molecule has 3 aromatic rings. The van der Waals surface area contributed by atoms with Crippen LogP contribution in [-0.4, -0.2) is 28.1 Å². The first-order valence-electron chi connectivity index (χ1n) is 10.2. The lowest BCUT2D eigenvalue weighted by Gasteiger charge is -2.11. The lowest BCUT2D eigenvalue weighted by atomic mass is 10.1. The quantitative estimate of drug-likeness (QED) is 0.521. The summed E-state index contributed by atoms with van der Waals surface area (Å²) in [5.41, 5.74) is 5.01. The molecule has 0 aliphatic carbocycles. The number of amides is 1. The molecule has 3 rings (SSSR count). The van der Waals surface area contributed by atoms with E-state index in [-0.39, 0.29) is 11.7 Å². The number of rotatable bonds is 8. The molecule has 7 heteroatoms. The van der Waals surface area contributed by atoms with Gasteiger partial charge in [0.25, 0.3) is 0 Å². The van der Waals surface area contributed by atoms with Crippen LogP contribution in [0.2, 0.25) is 0 Å². The van der Waals surface area contributed by atoms with Gasteiger partial charge >= 0.3 is 0 Å². The largest absolute Gasteiger partial charge is 0.504 e. The Balaban J connectivity index is 1.62. The van der Waals surface area contributed by atoms with Crippen molar-refractivity contribution >= 4 is 12.0 Å². The van der Waals surface area contributed by atoms with Gasteiger partial charge in [0, 0.05) is 18.2 Å². The van der Waals surface area contributed by atoms with Gasteiger partial charge in [-0.15, -0.1) is 0 Å². The van der Waals surface area contributed by atoms with Crippen LogP contribution in [-0.2, 0) is 17.9 Å². The summed E-state index contributed by atoms with van der Waals surface area (Å²) >= 11 is 0. The number of aromatic hydroxyl groups is 1. The van der Waals surface area contributed by atoms with Crippen LogP contribution in [0.15, 0.2) is 48.5 Å². The van der Waals surface area contributed by atoms with Crippen LogP contribution in [0, 0.1) is 20.8 Å². The number of phenolic OH excluding ortho intramolecular Hbond substituents is 1. The molecule has 0 aliphatic heterocycles. The van der Waals surface area contributed by atoms with Crippen LogP contribution in [0.4, 0.5) is 0 Å². The average molecular weight is 434 g/mol. The molecular weight excluding hydrogens is 406 g/mol. The van der Waals surface area contributed by atoms with E-state index in [1.165, 1.54) is 19.3 Å². The third-order valence-corrected chi connectivity index (χ3v) is 4.99. The lowest BCUT2D eigenvalue weighted by Crippen LogP contribution is -2.20. The molecule has 0 unspecified atom stereocenters. The van der Waals surface area contributed by atoms with Crippen molar-refractivity contribution in [3.05, 3.63) is 82.4 Å². The predicted molar refractivity (Wildman–Crippen MR) is 123 cm³/mol. The number of methoxy groups -OCH3 is 1.